The number of benzene rings is 1. The maximum Gasteiger partial charge on any atom is 0.269 e. The molecule has 0 aliphatic carbocycles. The molecule has 2 rings (SSSR count). The monoisotopic (exact) mass is 311 g/mol. The molecule has 0 bridgehead atoms. The summed E-state index contributed by atoms with van der Waals surface area (Å²) in [6, 6.07) is 5.31. The number of nitro groups is 1. The summed E-state index contributed by atoms with van der Waals surface area (Å²) in [5, 5.41) is 18.4. The lowest BCUT2D eigenvalue weighted by molar-refractivity contribution is -0.384. The molecule has 0 spiro atoms. The number of hydrogen-bond acceptors (Lipinski definition) is 8. The molecule has 1 aromatic carbocycles. The largest absolute Gasteiger partial charge is 0.374 e. The number of nitrogens with two attached hydrogens (primary N) is 2. The van der Waals surface area contributed by atoms with Crippen LogP contribution in [0.5, 0.6) is 0 Å². The van der Waals surface area contributed by atoms with Crippen LogP contribution in [0.15, 0.2) is 24.3 Å². The highest BCUT2D eigenvalue weighted by Crippen LogP contribution is 2.38. The smallest absolute Gasteiger partial charge is 0.269 e. The number of non-ortho nitro benzene ring substituents is 1. The molecule has 1 heterocycles. The minimum atomic E-state index is -1.54. The van der Waals surface area contributed by atoms with Crippen molar-refractivity contribution in [3.8, 4) is 0 Å². The molecule has 2 aromatic rings. The molecule has 0 aliphatic rings. The Morgan fingerprint density at radius 1 is 1.35 bits per heavy atom. The number of thiol groups is 1. The summed E-state index contributed by atoms with van der Waals surface area (Å²) in [6.45, 7) is 0. The van der Waals surface area contributed by atoms with E-state index in [-0.39, 0.29) is 15.8 Å². The number of carbonyl (C=O) groups excluding carboxylic acids is 1. The second kappa shape index (κ2) is 5.06. The van der Waals surface area contributed by atoms with Crippen LogP contribution in [-0.4, -0.2) is 21.0 Å². The number of aromatic nitrogens is 2. The van der Waals surface area contributed by atoms with Gasteiger partial charge in [0.15, 0.2) is 4.75 Å². The lowest BCUT2D eigenvalue weighted by Gasteiger charge is -2.22. The molecule has 1 aromatic heterocycles. The van der Waals surface area contributed by atoms with Crippen molar-refractivity contribution in [3.05, 3.63) is 45.0 Å². The van der Waals surface area contributed by atoms with Gasteiger partial charge in [-0.15, -0.1) is 10.2 Å². The zero-order valence-electron chi connectivity index (χ0n) is 9.89. The number of amides is 1. The van der Waals surface area contributed by atoms with Crippen molar-refractivity contribution in [3.63, 3.8) is 0 Å². The predicted molar refractivity (Wildman–Crippen MR) is 76.4 cm³/mol. The number of primary amides is 1. The maximum atomic E-state index is 11.8. The van der Waals surface area contributed by atoms with E-state index in [4.69, 9.17) is 11.5 Å². The number of rotatable bonds is 4. The third-order valence-electron chi connectivity index (χ3n) is 2.60. The van der Waals surface area contributed by atoms with Crippen molar-refractivity contribution in [2.24, 2.45) is 5.73 Å². The molecule has 1 atom stereocenters. The van der Waals surface area contributed by atoms with E-state index >= 15 is 0 Å². The zero-order valence-corrected chi connectivity index (χ0v) is 11.6. The third-order valence-corrected chi connectivity index (χ3v) is 4.32. The summed E-state index contributed by atoms with van der Waals surface area (Å²) >= 11 is 5.27. The number of nitrogens with zero attached hydrogens (tertiary/aromatic N) is 3. The van der Waals surface area contributed by atoms with Gasteiger partial charge < -0.3 is 11.5 Å². The van der Waals surface area contributed by atoms with Crippen LogP contribution in [0.4, 0.5) is 10.8 Å². The van der Waals surface area contributed by atoms with Gasteiger partial charge in [0.25, 0.3) is 5.69 Å². The molecule has 4 N–H and O–H groups in total. The van der Waals surface area contributed by atoms with Crippen LogP contribution in [0.2, 0.25) is 0 Å². The Kier molecular flexibility index (Phi) is 3.59. The van der Waals surface area contributed by atoms with Crippen molar-refractivity contribution in [1.29, 1.82) is 0 Å². The van der Waals surface area contributed by atoms with E-state index in [1.165, 1.54) is 24.3 Å². The number of nitrogen functional groups attached to an aromatic ring is 1. The van der Waals surface area contributed by atoms with Crippen molar-refractivity contribution in [2.75, 3.05) is 5.73 Å². The fourth-order valence-corrected chi connectivity index (χ4v) is 2.63. The zero-order chi connectivity index (χ0) is 14.9. The highest BCUT2D eigenvalue weighted by molar-refractivity contribution is 7.82. The summed E-state index contributed by atoms with van der Waals surface area (Å²) in [6.07, 6.45) is 0. The predicted octanol–water partition coefficient (Wildman–Crippen LogP) is 0.687. The molecule has 20 heavy (non-hydrogen) atoms. The second-order valence-corrected chi connectivity index (χ2v) is 5.50. The summed E-state index contributed by atoms with van der Waals surface area (Å²) < 4.78 is -1.54. The lowest BCUT2D eigenvalue weighted by atomic mass is 9.97. The Morgan fingerprint density at radius 2 is 1.95 bits per heavy atom. The molecule has 0 saturated carbocycles. The van der Waals surface area contributed by atoms with Crippen LogP contribution < -0.4 is 11.5 Å². The van der Waals surface area contributed by atoms with Gasteiger partial charge in [0.2, 0.25) is 11.0 Å². The van der Waals surface area contributed by atoms with Gasteiger partial charge in [-0.2, -0.15) is 12.6 Å². The van der Waals surface area contributed by atoms with Gasteiger partial charge in [0.05, 0.1) is 4.92 Å². The van der Waals surface area contributed by atoms with E-state index < -0.39 is 15.6 Å². The number of nitro benzene ring substituents is 1. The topological polar surface area (TPSA) is 138 Å². The lowest BCUT2D eigenvalue weighted by Crippen LogP contribution is -2.37. The van der Waals surface area contributed by atoms with Crippen LogP contribution in [0.1, 0.15) is 10.6 Å². The summed E-state index contributed by atoms with van der Waals surface area (Å²) in [7, 11) is 0. The Morgan fingerprint density at radius 3 is 2.35 bits per heavy atom. The first-order valence-corrected chi connectivity index (χ1v) is 6.48. The number of carbonyl (C=O) groups is 1. The summed E-state index contributed by atoms with van der Waals surface area (Å²) in [4.78, 5) is 21.8. The normalized spacial score (nSPS) is 13.7. The summed E-state index contributed by atoms with van der Waals surface area (Å²) in [5.41, 5.74) is 11.1. The second-order valence-electron chi connectivity index (χ2n) is 3.82. The molecule has 1 unspecified atom stereocenters. The Labute approximate surface area is 122 Å². The minimum Gasteiger partial charge on any atom is -0.374 e. The van der Waals surface area contributed by atoms with E-state index in [0.29, 0.717) is 5.56 Å². The minimum absolute atomic E-state index is 0.106. The summed E-state index contributed by atoms with van der Waals surface area (Å²) in [5.74, 6) is -0.772. The first kappa shape index (κ1) is 14.2. The van der Waals surface area contributed by atoms with Gasteiger partial charge in [0, 0.05) is 12.1 Å². The number of hydrogen-bond donors (Lipinski definition) is 3. The van der Waals surface area contributed by atoms with E-state index in [2.05, 4.69) is 22.8 Å². The molecule has 1 amide bonds. The highest BCUT2D eigenvalue weighted by atomic mass is 32.1. The van der Waals surface area contributed by atoms with E-state index in [9.17, 15) is 14.9 Å². The van der Waals surface area contributed by atoms with E-state index in [0.717, 1.165) is 11.3 Å². The van der Waals surface area contributed by atoms with Crippen LogP contribution in [0, 0.1) is 10.1 Å². The highest BCUT2D eigenvalue weighted by Gasteiger charge is 2.40. The Balaban J connectivity index is 2.53. The van der Waals surface area contributed by atoms with Gasteiger partial charge in [-0.05, 0) is 17.7 Å². The standard InChI is InChI=1S/C10H9N5O3S2/c11-7(16)10(19,8-13-14-9(12)20-8)5-1-3-6(4-2-5)15(17)18/h1-4,19H,(H2,11,16)(H2,12,14). The Bertz CT molecular complexity index is 672. The van der Waals surface area contributed by atoms with Crippen molar-refractivity contribution in [2.45, 2.75) is 4.75 Å². The Hall–Kier alpha value is -2.20. The first-order chi connectivity index (χ1) is 9.35. The molecule has 10 heteroatoms. The van der Waals surface area contributed by atoms with Gasteiger partial charge in [-0.1, -0.05) is 11.3 Å². The van der Waals surface area contributed by atoms with Crippen LogP contribution in [0.3, 0.4) is 0 Å². The van der Waals surface area contributed by atoms with Crippen LogP contribution in [-0.2, 0) is 9.54 Å². The van der Waals surface area contributed by atoms with Crippen LogP contribution in [0.25, 0.3) is 0 Å². The van der Waals surface area contributed by atoms with Crippen molar-refractivity contribution < 1.29 is 9.72 Å². The van der Waals surface area contributed by atoms with Crippen LogP contribution >= 0.6 is 24.0 Å². The SMILES string of the molecule is NC(=O)C(S)(c1ccc([N+](=O)[O-])cc1)c1nnc(N)s1. The average molecular weight is 311 g/mol. The quantitative estimate of drug-likeness (QED) is 0.431. The van der Waals surface area contributed by atoms with E-state index in [1.54, 1.807) is 0 Å². The average Bonchev–Trinajstić information content (AvgIpc) is 2.84. The van der Waals surface area contributed by atoms with Crippen molar-refractivity contribution in [1.82, 2.24) is 10.2 Å². The van der Waals surface area contributed by atoms with Gasteiger partial charge in [-0.25, -0.2) is 0 Å². The molecular weight excluding hydrogens is 302 g/mol. The first-order valence-electron chi connectivity index (χ1n) is 5.22. The number of anilines is 1. The fourth-order valence-electron chi connectivity index (χ4n) is 1.58. The third kappa shape index (κ3) is 2.30. The molecule has 0 aliphatic heterocycles. The molecule has 0 fully saturated rings. The maximum absolute atomic E-state index is 11.8. The van der Waals surface area contributed by atoms with E-state index in [1.807, 2.05) is 0 Å². The molecule has 0 radical (unpaired) electrons. The van der Waals surface area contributed by atoms with Crippen molar-refractivity contribution >= 4 is 40.7 Å². The molecule has 0 saturated heterocycles. The van der Waals surface area contributed by atoms with Gasteiger partial charge in [0.1, 0.15) is 5.01 Å². The fraction of sp³-hybridized carbons (Fsp3) is 0.100. The van der Waals surface area contributed by atoms with Gasteiger partial charge in [-0.3, -0.25) is 14.9 Å². The van der Waals surface area contributed by atoms with Gasteiger partial charge >= 0.3 is 0 Å². The molecule has 8 nitrogen and oxygen atoms in total. The molecular formula is C10H9N5O3S2. The molecule has 104 valence electrons.